The fourth-order valence-corrected chi connectivity index (χ4v) is 5.18. The highest BCUT2D eigenvalue weighted by atomic mass is 79.9. The van der Waals surface area contributed by atoms with Crippen molar-refractivity contribution < 1.29 is 12.8 Å². The van der Waals surface area contributed by atoms with Crippen molar-refractivity contribution in [3.8, 4) is 11.3 Å². The maximum Gasteiger partial charge on any atom is 0.243 e. The van der Waals surface area contributed by atoms with Gasteiger partial charge in [0.1, 0.15) is 16.5 Å². The second kappa shape index (κ2) is 10.6. The minimum atomic E-state index is -3.96. The van der Waals surface area contributed by atoms with Crippen LogP contribution in [0.4, 0.5) is 10.2 Å². The van der Waals surface area contributed by atoms with Gasteiger partial charge in [0.15, 0.2) is 5.65 Å². The van der Waals surface area contributed by atoms with Crippen molar-refractivity contribution in [2.75, 3.05) is 18.4 Å². The Bertz CT molecular complexity index is 1450. The van der Waals surface area contributed by atoms with Crippen LogP contribution < -0.4 is 10.0 Å². The van der Waals surface area contributed by atoms with E-state index < -0.39 is 20.7 Å². The molecule has 0 aliphatic rings. The number of rotatable bonds is 9. The smallest absolute Gasteiger partial charge is 0.243 e. The molecule has 2 heterocycles. The Kier molecular flexibility index (Phi) is 7.73. The molecule has 0 bridgehead atoms. The van der Waals surface area contributed by atoms with Gasteiger partial charge in [-0.25, -0.2) is 22.5 Å². The van der Waals surface area contributed by atoms with Crippen LogP contribution in [0.3, 0.4) is 0 Å². The molecule has 0 spiro atoms. The average Bonchev–Trinajstić information content (AvgIpc) is 3.17. The van der Waals surface area contributed by atoms with E-state index in [4.69, 9.17) is 23.2 Å². The van der Waals surface area contributed by atoms with E-state index in [-0.39, 0.29) is 11.6 Å². The molecule has 4 rings (SSSR count). The van der Waals surface area contributed by atoms with E-state index in [1.165, 1.54) is 6.07 Å². The normalized spacial score (nSPS) is 11.8. The van der Waals surface area contributed by atoms with Crippen LogP contribution >= 0.6 is 39.1 Å². The number of benzene rings is 2. The average molecular weight is 587 g/mol. The van der Waals surface area contributed by atoms with Crippen LogP contribution in [0.1, 0.15) is 12.8 Å². The SMILES string of the molecule is O=S(=O)(NCCCCNc1cc(-c2ccccc2Cl)nc2c(Br)cnn12)c1ccc(Cl)cc1F. The lowest BCUT2D eigenvalue weighted by Gasteiger charge is -2.12. The molecular weight excluding hydrogens is 568 g/mol. The number of hydrogen-bond donors (Lipinski definition) is 2. The van der Waals surface area contributed by atoms with Crippen molar-refractivity contribution in [1.29, 1.82) is 0 Å². The second-order valence-corrected chi connectivity index (χ2v) is 10.8. The summed E-state index contributed by atoms with van der Waals surface area (Å²) in [7, 11) is -3.96. The third-order valence-electron chi connectivity index (χ3n) is 4.96. The highest BCUT2D eigenvalue weighted by Crippen LogP contribution is 2.30. The second-order valence-electron chi connectivity index (χ2n) is 7.34. The molecule has 34 heavy (non-hydrogen) atoms. The molecule has 4 aromatic rings. The third kappa shape index (κ3) is 5.52. The lowest BCUT2D eigenvalue weighted by Crippen LogP contribution is -2.26. The van der Waals surface area contributed by atoms with Crippen molar-refractivity contribution in [2.24, 2.45) is 0 Å². The van der Waals surface area contributed by atoms with E-state index in [1.54, 1.807) is 16.8 Å². The lowest BCUT2D eigenvalue weighted by atomic mass is 10.1. The van der Waals surface area contributed by atoms with Gasteiger partial charge in [-0.05, 0) is 53.0 Å². The van der Waals surface area contributed by atoms with Gasteiger partial charge in [-0.3, -0.25) is 0 Å². The zero-order valence-corrected chi connectivity index (χ0v) is 21.5. The molecule has 0 radical (unpaired) electrons. The summed E-state index contributed by atoms with van der Waals surface area (Å²) in [5.74, 6) is -0.169. The standard InChI is InChI=1S/C22H19BrCl2FN5O2S/c23-16-13-28-31-21(12-19(30-22(16)31)15-5-1-2-6-17(15)25)27-9-3-4-10-29-34(32,33)20-8-7-14(24)11-18(20)26/h1-2,5-8,11-13,27,29H,3-4,9-10H2. The van der Waals surface area contributed by atoms with Crippen molar-refractivity contribution >= 4 is 60.6 Å². The zero-order valence-electron chi connectivity index (χ0n) is 17.6. The maximum atomic E-state index is 13.9. The van der Waals surface area contributed by atoms with E-state index >= 15 is 0 Å². The van der Waals surface area contributed by atoms with Gasteiger partial charge in [0.05, 0.1) is 16.4 Å². The van der Waals surface area contributed by atoms with Crippen molar-refractivity contribution in [1.82, 2.24) is 19.3 Å². The van der Waals surface area contributed by atoms with Crippen LogP contribution in [-0.2, 0) is 10.0 Å². The molecule has 2 aromatic carbocycles. The number of unbranched alkanes of at least 4 members (excludes halogenated alkanes) is 1. The van der Waals surface area contributed by atoms with Crippen LogP contribution in [0.15, 0.2) is 64.1 Å². The van der Waals surface area contributed by atoms with Crippen molar-refractivity contribution in [3.05, 3.63) is 75.1 Å². The van der Waals surface area contributed by atoms with Gasteiger partial charge < -0.3 is 5.32 Å². The molecule has 12 heteroatoms. The molecule has 0 aliphatic heterocycles. The molecule has 2 aromatic heterocycles. The monoisotopic (exact) mass is 585 g/mol. The topological polar surface area (TPSA) is 88.4 Å². The van der Waals surface area contributed by atoms with Gasteiger partial charge in [0.2, 0.25) is 10.0 Å². The molecule has 0 saturated carbocycles. The Morgan fingerprint density at radius 2 is 1.82 bits per heavy atom. The van der Waals surface area contributed by atoms with E-state index in [0.29, 0.717) is 35.8 Å². The molecule has 0 saturated heterocycles. The Hall–Kier alpha value is -2.24. The molecule has 7 nitrogen and oxygen atoms in total. The van der Waals surface area contributed by atoms with Crippen LogP contribution in [-0.4, -0.2) is 36.1 Å². The summed E-state index contributed by atoms with van der Waals surface area (Å²) < 4.78 is 43.4. The van der Waals surface area contributed by atoms with Crippen LogP contribution in [0, 0.1) is 5.82 Å². The highest BCUT2D eigenvalue weighted by Gasteiger charge is 2.18. The number of nitrogens with zero attached hydrogens (tertiary/aromatic N) is 3. The molecule has 0 atom stereocenters. The predicted molar refractivity (Wildman–Crippen MR) is 135 cm³/mol. The van der Waals surface area contributed by atoms with E-state index in [2.05, 4.69) is 36.1 Å². The number of sulfonamides is 1. The minimum Gasteiger partial charge on any atom is -0.370 e. The Balaban J connectivity index is 1.39. The van der Waals surface area contributed by atoms with Crippen molar-refractivity contribution in [2.45, 2.75) is 17.7 Å². The number of nitrogens with one attached hydrogen (secondary N) is 2. The van der Waals surface area contributed by atoms with Crippen molar-refractivity contribution in [3.63, 3.8) is 0 Å². The van der Waals surface area contributed by atoms with Gasteiger partial charge in [-0.1, -0.05) is 41.4 Å². The Morgan fingerprint density at radius 3 is 2.59 bits per heavy atom. The maximum absolute atomic E-state index is 13.9. The summed E-state index contributed by atoms with van der Waals surface area (Å²) in [5, 5.41) is 8.39. The summed E-state index contributed by atoms with van der Waals surface area (Å²) >= 11 is 15.5. The van der Waals surface area contributed by atoms with Gasteiger partial charge in [-0.2, -0.15) is 9.61 Å². The summed E-state index contributed by atoms with van der Waals surface area (Å²) in [4.78, 5) is 4.24. The quantitative estimate of drug-likeness (QED) is 0.243. The number of anilines is 1. The van der Waals surface area contributed by atoms with Crippen LogP contribution in [0.5, 0.6) is 0 Å². The first-order valence-corrected chi connectivity index (χ1v) is 13.3. The van der Waals surface area contributed by atoms with Crippen LogP contribution in [0.2, 0.25) is 10.0 Å². The van der Waals surface area contributed by atoms with Gasteiger partial charge in [0.25, 0.3) is 0 Å². The fourth-order valence-electron chi connectivity index (χ4n) is 3.31. The Labute approximate surface area is 214 Å². The largest absolute Gasteiger partial charge is 0.370 e. The first-order chi connectivity index (χ1) is 16.3. The lowest BCUT2D eigenvalue weighted by molar-refractivity contribution is 0.554. The molecule has 2 N–H and O–H groups in total. The summed E-state index contributed by atoms with van der Waals surface area (Å²) in [6.45, 7) is 0.714. The Morgan fingerprint density at radius 1 is 1.06 bits per heavy atom. The number of fused-ring (bicyclic) bond motifs is 1. The molecule has 0 fully saturated rings. The molecule has 0 unspecified atom stereocenters. The fraction of sp³-hybridized carbons (Fsp3) is 0.182. The summed E-state index contributed by atoms with van der Waals surface area (Å²) in [6.07, 6.45) is 2.85. The van der Waals surface area contributed by atoms with E-state index in [1.807, 2.05) is 24.3 Å². The minimum absolute atomic E-state index is 0.134. The van der Waals surface area contributed by atoms with Gasteiger partial charge in [0, 0.05) is 34.8 Å². The first-order valence-electron chi connectivity index (χ1n) is 10.2. The molecule has 0 aliphatic carbocycles. The number of aromatic nitrogens is 3. The van der Waals surface area contributed by atoms with E-state index in [9.17, 15) is 12.8 Å². The molecular formula is C22H19BrCl2FN5O2S. The third-order valence-corrected chi connectivity index (χ3v) is 7.58. The zero-order chi connectivity index (χ0) is 24.3. The predicted octanol–water partition coefficient (Wildman–Crippen LogP) is 5.78. The van der Waals surface area contributed by atoms with Crippen LogP contribution in [0.25, 0.3) is 16.9 Å². The van der Waals surface area contributed by atoms with Gasteiger partial charge in [-0.15, -0.1) is 0 Å². The summed E-state index contributed by atoms with van der Waals surface area (Å²) in [5.41, 5.74) is 2.13. The first kappa shape index (κ1) is 24.9. The van der Waals surface area contributed by atoms with E-state index in [0.717, 1.165) is 28.0 Å². The summed E-state index contributed by atoms with van der Waals surface area (Å²) in [6, 6.07) is 12.8. The highest BCUT2D eigenvalue weighted by molar-refractivity contribution is 9.10. The number of hydrogen-bond acceptors (Lipinski definition) is 5. The molecule has 0 amide bonds. The molecule has 178 valence electrons. The number of halogens is 4. The van der Waals surface area contributed by atoms with Gasteiger partial charge >= 0.3 is 0 Å².